The normalized spacial score (nSPS) is 10.4. The Labute approximate surface area is 117 Å². The molecule has 0 aliphatic rings. The number of carbonyl (C=O) groups is 1. The number of methoxy groups -OCH3 is 1. The fraction of sp³-hybridized carbons (Fsp3) is 0.0833. The van der Waals surface area contributed by atoms with Gasteiger partial charge in [-0.3, -0.25) is 0 Å². The summed E-state index contributed by atoms with van der Waals surface area (Å²) in [6.45, 7) is 0. The minimum atomic E-state index is -1.03. The second-order valence-corrected chi connectivity index (χ2v) is 4.83. The van der Waals surface area contributed by atoms with Gasteiger partial charge in [0.15, 0.2) is 0 Å². The van der Waals surface area contributed by atoms with Crippen LogP contribution < -0.4 is 4.74 Å². The van der Waals surface area contributed by atoms with E-state index in [1.165, 1.54) is 10.6 Å². The number of ether oxygens (including phenoxy) is 1. The summed E-state index contributed by atoms with van der Waals surface area (Å²) in [7, 11) is 1.56. The van der Waals surface area contributed by atoms with Crippen molar-refractivity contribution in [2.45, 2.75) is 0 Å². The summed E-state index contributed by atoms with van der Waals surface area (Å²) in [5.41, 5.74) is 0.795. The summed E-state index contributed by atoms with van der Waals surface area (Å²) in [5.74, 6) is -0.359. The Morgan fingerprint density at radius 1 is 1.44 bits per heavy atom. The fourth-order valence-electron chi connectivity index (χ4n) is 1.61. The first-order valence-electron chi connectivity index (χ1n) is 4.98. The molecule has 0 radical (unpaired) electrons. The molecule has 18 heavy (non-hydrogen) atoms. The van der Waals surface area contributed by atoms with Crippen molar-refractivity contribution < 1.29 is 14.6 Å². The van der Waals surface area contributed by atoms with Gasteiger partial charge in [0.2, 0.25) is 0 Å². The number of rotatable bonds is 3. The molecule has 0 atom stereocenters. The largest absolute Gasteiger partial charge is 0.496 e. The van der Waals surface area contributed by atoms with Crippen molar-refractivity contribution in [3.8, 4) is 11.4 Å². The average Bonchev–Trinajstić information content (AvgIpc) is 2.71. The molecule has 4 nitrogen and oxygen atoms in total. The van der Waals surface area contributed by atoms with Crippen LogP contribution in [-0.4, -0.2) is 22.8 Å². The van der Waals surface area contributed by atoms with Crippen molar-refractivity contribution in [1.29, 1.82) is 0 Å². The molecule has 2 aromatic rings. The Bertz CT molecular complexity index is 609. The van der Waals surface area contributed by atoms with E-state index < -0.39 is 5.97 Å². The van der Waals surface area contributed by atoms with Crippen LogP contribution in [0.25, 0.3) is 5.69 Å². The first-order valence-corrected chi connectivity index (χ1v) is 6.15. The summed E-state index contributed by atoms with van der Waals surface area (Å²) in [6.07, 6.45) is 1.55. The number of benzene rings is 1. The van der Waals surface area contributed by atoms with Gasteiger partial charge in [0.25, 0.3) is 0 Å². The summed E-state index contributed by atoms with van der Waals surface area (Å²) >= 11 is 9.19. The summed E-state index contributed by atoms with van der Waals surface area (Å²) in [6, 6.07) is 6.68. The van der Waals surface area contributed by atoms with Crippen LogP contribution in [0.4, 0.5) is 0 Å². The molecule has 6 heteroatoms. The van der Waals surface area contributed by atoms with Gasteiger partial charge in [-0.05, 0) is 40.2 Å². The van der Waals surface area contributed by atoms with E-state index in [1.54, 1.807) is 31.5 Å². The maximum Gasteiger partial charge on any atom is 0.352 e. The molecule has 94 valence electrons. The van der Waals surface area contributed by atoms with Crippen LogP contribution in [0.2, 0.25) is 5.02 Å². The molecule has 1 N–H and O–H groups in total. The van der Waals surface area contributed by atoms with Crippen molar-refractivity contribution in [2.75, 3.05) is 7.11 Å². The SMILES string of the molecule is COc1ccc(-n2cc(Cl)cc2C(=O)O)cc1Br. The van der Waals surface area contributed by atoms with Crippen molar-refractivity contribution in [3.05, 3.63) is 45.7 Å². The molecule has 0 aliphatic heterocycles. The molecule has 0 unspecified atom stereocenters. The molecule has 0 spiro atoms. The zero-order valence-electron chi connectivity index (χ0n) is 9.35. The van der Waals surface area contributed by atoms with Crippen LogP contribution in [0.5, 0.6) is 5.75 Å². The zero-order chi connectivity index (χ0) is 13.3. The Hall–Kier alpha value is -1.46. The topological polar surface area (TPSA) is 51.5 Å². The summed E-state index contributed by atoms with van der Waals surface area (Å²) in [5, 5.41) is 9.47. The number of aromatic nitrogens is 1. The van der Waals surface area contributed by atoms with Crippen LogP contribution in [-0.2, 0) is 0 Å². The van der Waals surface area contributed by atoms with Crippen LogP contribution in [0.15, 0.2) is 34.9 Å². The lowest BCUT2D eigenvalue weighted by Crippen LogP contribution is -2.05. The third-order valence-electron chi connectivity index (χ3n) is 2.42. The molecular formula is C12H9BrClNO3. The first-order chi connectivity index (χ1) is 8.52. The molecular weight excluding hydrogens is 321 g/mol. The Morgan fingerprint density at radius 2 is 2.17 bits per heavy atom. The monoisotopic (exact) mass is 329 g/mol. The Balaban J connectivity index is 2.55. The van der Waals surface area contributed by atoms with E-state index in [0.29, 0.717) is 16.5 Å². The summed E-state index contributed by atoms with van der Waals surface area (Å²) < 4.78 is 7.37. The van der Waals surface area contributed by atoms with E-state index in [9.17, 15) is 4.79 Å². The Kier molecular flexibility index (Phi) is 3.63. The number of hydrogen-bond acceptors (Lipinski definition) is 2. The molecule has 1 heterocycles. The lowest BCUT2D eigenvalue weighted by Gasteiger charge is -2.09. The predicted molar refractivity (Wildman–Crippen MR) is 72.0 cm³/mol. The molecule has 0 bridgehead atoms. The van der Waals surface area contributed by atoms with Gasteiger partial charge in [0, 0.05) is 11.9 Å². The van der Waals surface area contributed by atoms with Gasteiger partial charge in [-0.15, -0.1) is 0 Å². The van der Waals surface area contributed by atoms with E-state index in [4.69, 9.17) is 21.4 Å². The maximum absolute atomic E-state index is 11.1. The second-order valence-electron chi connectivity index (χ2n) is 3.54. The van der Waals surface area contributed by atoms with Crippen molar-refractivity contribution in [3.63, 3.8) is 0 Å². The smallest absolute Gasteiger partial charge is 0.352 e. The van der Waals surface area contributed by atoms with Gasteiger partial charge in [-0.2, -0.15) is 0 Å². The van der Waals surface area contributed by atoms with Gasteiger partial charge in [0.05, 0.1) is 16.6 Å². The summed E-state index contributed by atoms with van der Waals surface area (Å²) in [4.78, 5) is 11.1. The molecule has 1 aromatic heterocycles. The maximum atomic E-state index is 11.1. The number of carboxylic acid groups (broad SMARTS) is 1. The number of carboxylic acids is 1. The fourth-order valence-corrected chi connectivity index (χ4v) is 2.34. The second kappa shape index (κ2) is 5.04. The van der Waals surface area contributed by atoms with Gasteiger partial charge in [-0.1, -0.05) is 11.6 Å². The highest BCUT2D eigenvalue weighted by Gasteiger charge is 2.14. The quantitative estimate of drug-likeness (QED) is 0.935. The van der Waals surface area contributed by atoms with Gasteiger partial charge >= 0.3 is 5.97 Å². The standard InChI is InChI=1S/C12H9BrClNO3/c1-18-11-3-2-8(5-9(11)13)15-6-7(14)4-10(15)12(16)17/h2-6H,1H3,(H,16,17). The molecule has 0 amide bonds. The molecule has 1 aromatic carbocycles. The molecule has 0 aliphatic carbocycles. The van der Waals surface area contributed by atoms with Crippen LogP contribution >= 0.6 is 27.5 Å². The highest BCUT2D eigenvalue weighted by Crippen LogP contribution is 2.28. The minimum absolute atomic E-state index is 0.108. The van der Waals surface area contributed by atoms with Crippen molar-refractivity contribution in [2.24, 2.45) is 0 Å². The zero-order valence-corrected chi connectivity index (χ0v) is 11.7. The lowest BCUT2D eigenvalue weighted by atomic mass is 10.3. The van der Waals surface area contributed by atoms with E-state index in [2.05, 4.69) is 15.9 Å². The lowest BCUT2D eigenvalue weighted by molar-refractivity contribution is 0.0688. The van der Waals surface area contributed by atoms with Gasteiger partial charge < -0.3 is 14.4 Å². The number of aromatic carboxylic acids is 1. The molecule has 0 fully saturated rings. The number of nitrogens with zero attached hydrogens (tertiary/aromatic N) is 1. The number of hydrogen-bond donors (Lipinski definition) is 1. The molecule has 0 saturated heterocycles. The van der Waals surface area contributed by atoms with Gasteiger partial charge in [0.1, 0.15) is 11.4 Å². The highest BCUT2D eigenvalue weighted by molar-refractivity contribution is 9.10. The first kappa shape index (κ1) is 13.0. The Morgan fingerprint density at radius 3 is 2.72 bits per heavy atom. The predicted octanol–water partition coefficient (Wildman–Crippen LogP) is 3.60. The van der Waals surface area contributed by atoms with E-state index >= 15 is 0 Å². The van der Waals surface area contributed by atoms with Crippen LogP contribution in [0.1, 0.15) is 10.5 Å². The average molecular weight is 331 g/mol. The minimum Gasteiger partial charge on any atom is -0.496 e. The molecule has 2 rings (SSSR count). The van der Waals surface area contributed by atoms with Crippen LogP contribution in [0, 0.1) is 0 Å². The van der Waals surface area contributed by atoms with E-state index in [1.807, 2.05) is 0 Å². The third-order valence-corrected chi connectivity index (χ3v) is 3.25. The van der Waals surface area contributed by atoms with Crippen molar-refractivity contribution in [1.82, 2.24) is 4.57 Å². The van der Waals surface area contributed by atoms with E-state index in [-0.39, 0.29) is 5.69 Å². The van der Waals surface area contributed by atoms with Crippen molar-refractivity contribution >= 4 is 33.5 Å². The third kappa shape index (κ3) is 2.37. The number of halogens is 2. The molecule has 0 saturated carbocycles. The van der Waals surface area contributed by atoms with E-state index in [0.717, 1.165) is 4.47 Å². The van der Waals surface area contributed by atoms with Crippen LogP contribution in [0.3, 0.4) is 0 Å². The highest BCUT2D eigenvalue weighted by atomic mass is 79.9. The van der Waals surface area contributed by atoms with Gasteiger partial charge in [-0.25, -0.2) is 4.79 Å².